The Morgan fingerprint density at radius 3 is 1.24 bits per heavy atom. The molecule has 8 nitrogen and oxygen atoms in total. The Labute approximate surface area is 355 Å². The number of ether oxygens (including phenoxy) is 4. The lowest BCUT2D eigenvalue weighted by molar-refractivity contribution is 0.173. The smallest absolute Gasteiger partial charge is 0.231 e. The van der Waals surface area contributed by atoms with E-state index in [1.165, 1.54) is 0 Å². The van der Waals surface area contributed by atoms with E-state index in [1.807, 2.05) is 36.4 Å². The molecule has 0 aliphatic carbocycles. The van der Waals surface area contributed by atoms with Gasteiger partial charge < -0.3 is 37.6 Å². The van der Waals surface area contributed by atoms with Crippen molar-refractivity contribution < 1.29 is 27.8 Å². The molecular weight excluding hydrogens is 773 g/mol. The minimum absolute atomic E-state index is 0.225. The summed E-state index contributed by atoms with van der Waals surface area (Å²) < 4.78 is 36.2. The van der Waals surface area contributed by atoms with Gasteiger partial charge in [-0.2, -0.15) is 0 Å². The monoisotopic (exact) mass is 808 g/mol. The molecule has 2 aromatic heterocycles. The fraction of sp³-hybridized carbons (Fsp3) is 0.0741. The maximum absolute atomic E-state index is 6.67. The molecule has 0 unspecified atom stereocenters. The Hall–Kier alpha value is -8.10. The van der Waals surface area contributed by atoms with E-state index in [9.17, 15) is 0 Å². The zero-order chi connectivity index (χ0) is 41.1. The highest BCUT2D eigenvalue weighted by Crippen LogP contribution is 2.47. The van der Waals surface area contributed by atoms with E-state index in [-0.39, 0.29) is 13.6 Å². The van der Waals surface area contributed by atoms with Crippen molar-refractivity contribution in [3.63, 3.8) is 0 Å². The fourth-order valence-corrected chi connectivity index (χ4v) is 9.40. The predicted octanol–water partition coefficient (Wildman–Crippen LogP) is 14.8. The van der Waals surface area contributed by atoms with Gasteiger partial charge in [0, 0.05) is 56.4 Å². The van der Waals surface area contributed by atoms with Gasteiger partial charge >= 0.3 is 0 Å². The van der Waals surface area contributed by atoms with E-state index in [0.717, 1.165) is 134 Å². The van der Waals surface area contributed by atoms with Crippen molar-refractivity contribution in [2.24, 2.45) is 0 Å². The lowest BCUT2D eigenvalue weighted by Crippen LogP contribution is -2.11. The van der Waals surface area contributed by atoms with Crippen molar-refractivity contribution >= 4 is 99.5 Å². The number of aryl methyl sites for hydroxylation is 2. The summed E-state index contributed by atoms with van der Waals surface area (Å²) in [6.07, 6.45) is 0. The van der Waals surface area contributed by atoms with Gasteiger partial charge in [0.05, 0.1) is 11.4 Å². The van der Waals surface area contributed by atoms with Gasteiger partial charge in [-0.05, 0) is 144 Å². The first kappa shape index (κ1) is 34.7. The van der Waals surface area contributed by atoms with Crippen LogP contribution in [-0.4, -0.2) is 13.6 Å². The summed E-state index contributed by atoms with van der Waals surface area (Å²) in [6.45, 7) is 4.72. The summed E-state index contributed by atoms with van der Waals surface area (Å²) in [7, 11) is 0. The molecule has 0 radical (unpaired) electrons. The third-order valence-electron chi connectivity index (χ3n) is 12.4. The Balaban J connectivity index is 0.937. The molecule has 0 spiro atoms. The maximum Gasteiger partial charge on any atom is 0.231 e. The topological polar surface area (TPSA) is 69.7 Å². The van der Waals surface area contributed by atoms with E-state index in [0.29, 0.717) is 0 Å². The summed E-state index contributed by atoms with van der Waals surface area (Å²) in [5.41, 5.74) is 11.8. The van der Waals surface area contributed by atoms with Crippen molar-refractivity contribution in [2.45, 2.75) is 13.8 Å². The molecule has 0 saturated heterocycles. The van der Waals surface area contributed by atoms with Crippen LogP contribution in [-0.2, 0) is 0 Å². The summed E-state index contributed by atoms with van der Waals surface area (Å²) in [4.78, 5) is 4.54. The molecule has 0 fully saturated rings. The van der Waals surface area contributed by atoms with Gasteiger partial charge in [0.1, 0.15) is 22.3 Å². The molecule has 9 aromatic carbocycles. The normalized spacial score (nSPS) is 13.1. The van der Waals surface area contributed by atoms with Crippen molar-refractivity contribution in [3.8, 4) is 23.0 Å². The average Bonchev–Trinajstić information content (AvgIpc) is 4.11. The van der Waals surface area contributed by atoms with Crippen LogP contribution in [0.5, 0.6) is 23.0 Å². The van der Waals surface area contributed by atoms with Crippen LogP contribution in [0.3, 0.4) is 0 Å². The van der Waals surface area contributed by atoms with Crippen LogP contribution in [0.1, 0.15) is 11.1 Å². The van der Waals surface area contributed by atoms with Gasteiger partial charge in [-0.1, -0.05) is 48.5 Å². The Bertz CT molecular complexity index is 3420. The first-order valence-corrected chi connectivity index (χ1v) is 20.7. The lowest BCUT2D eigenvalue weighted by Gasteiger charge is -2.27. The summed E-state index contributed by atoms with van der Waals surface area (Å²) >= 11 is 0. The summed E-state index contributed by atoms with van der Waals surface area (Å²) in [5, 5.41) is 8.57. The second-order valence-electron chi connectivity index (χ2n) is 16.1. The van der Waals surface area contributed by atoms with Crippen LogP contribution in [0.4, 0.5) is 34.1 Å². The van der Waals surface area contributed by atoms with E-state index < -0.39 is 0 Å². The van der Waals surface area contributed by atoms with Crippen LogP contribution < -0.4 is 28.7 Å². The minimum Gasteiger partial charge on any atom is -0.456 e. The molecule has 2 aliphatic heterocycles. The number of anilines is 6. The number of fused-ring (bicyclic) bond motifs is 11. The number of furan rings is 2. The summed E-state index contributed by atoms with van der Waals surface area (Å²) in [6, 6.07) is 55.2. The quantitative estimate of drug-likeness (QED) is 0.164. The highest BCUT2D eigenvalue weighted by Gasteiger charge is 2.23. The van der Waals surface area contributed by atoms with Gasteiger partial charge in [-0.25, -0.2) is 0 Å². The molecule has 13 rings (SSSR count). The van der Waals surface area contributed by atoms with Gasteiger partial charge in [0.2, 0.25) is 13.6 Å². The van der Waals surface area contributed by atoms with E-state index in [2.05, 4.69) is 145 Å². The first-order chi connectivity index (χ1) is 30.5. The minimum atomic E-state index is 0.225. The molecule has 4 heterocycles. The van der Waals surface area contributed by atoms with Gasteiger partial charge in [0.25, 0.3) is 0 Å². The van der Waals surface area contributed by atoms with Crippen LogP contribution >= 0.6 is 0 Å². The second-order valence-corrected chi connectivity index (χ2v) is 16.1. The molecule has 0 atom stereocenters. The van der Waals surface area contributed by atoms with E-state index in [1.54, 1.807) is 0 Å². The molecule has 298 valence electrons. The molecule has 0 amide bonds. The number of hydrogen-bond donors (Lipinski definition) is 0. The molecule has 11 aromatic rings. The van der Waals surface area contributed by atoms with Crippen LogP contribution in [0.25, 0.3) is 65.4 Å². The van der Waals surface area contributed by atoms with E-state index >= 15 is 0 Å². The number of rotatable bonds is 6. The largest absolute Gasteiger partial charge is 0.456 e. The zero-order valence-electron chi connectivity index (χ0n) is 33.8. The van der Waals surface area contributed by atoms with Crippen molar-refractivity contribution in [3.05, 3.63) is 169 Å². The van der Waals surface area contributed by atoms with Gasteiger partial charge in [-0.3, -0.25) is 0 Å². The van der Waals surface area contributed by atoms with Gasteiger partial charge in [0.15, 0.2) is 23.0 Å². The lowest BCUT2D eigenvalue weighted by atomic mass is 10.00. The van der Waals surface area contributed by atoms with E-state index in [4.69, 9.17) is 27.8 Å². The zero-order valence-corrected chi connectivity index (χ0v) is 33.8. The SMILES string of the molecule is Cc1ccccc1N(c1ccc2c(c1)OCO2)c1ccc2cc3c(cc2c1)oc1ccc2oc4cc5cc(N(c6ccc7c(c6)OCO7)c6ccccc6C)ccc5cc4c2c13. The molecule has 8 heteroatoms. The molecule has 62 heavy (non-hydrogen) atoms. The Morgan fingerprint density at radius 2 is 0.774 bits per heavy atom. The van der Waals surface area contributed by atoms with Crippen LogP contribution in [0.2, 0.25) is 0 Å². The number of para-hydroxylation sites is 2. The average molecular weight is 809 g/mol. The third-order valence-corrected chi connectivity index (χ3v) is 12.4. The van der Waals surface area contributed by atoms with Gasteiger partial charge in [-0.15, -0.1) is 0 Å². The number of nitrogens with zero attached hydrogens (tertiary/aromatic N) is 2. The Kier molecular flexibility index (Phi) is 7.39. The molecule has 0 saturated carbocycles. The molecular formula is C54H36N2O6. The Morgan fingerprint density at radius 1 is 0.355 bits per heavy atom. The van der Waals surface area contributed by atoms with Crippen molar-refractivity contribution in [2.75, 3.05) is 23.4 Å². The highest BCUT2D eigenvalue weighted by molar-refractivity contribution is 6.28. The fourth-order valence-electron chi connectivity index (χ4n) is 9.40. The van der Waals surface area contributed by atoms with Crippen molar-refractivity contribution in [1.29, 1.82) is 0 Å². The maximum atomic E-state index is 6.67. The molecule has 0 bridgehead atoms. The van der Waals surface area contributed by atoms with Crippen molar-refractivity contribution in [1.82, 2.24) is 0 Å². The van der Waals surface area contributed by atoms with Crippen LogP contribution in [0.15, 0.2) is 167 Å². The predicted molar refractivity (Wildman–Crippen MR) is 247 cm³/mol. The standard InChI is InChI=1S/C54H36N2O6/c1-31-7-3-5-9-43(31)55(39-15-17-45-51(27-39)59-29-57-45)37-13-11-33-23-41-49(25-35(33)21-37)61-47-19-20-48-54(53(41)47)42-24-34-12-14-38(22-36(34)26-50(42)62-48)56(44-10-6-4-8-32(44)2)40-16-18-46-52(28-40)60-30-58-46/h3-28H,29-30H2,1-2H3. The van der Waals surface area contributed by atoms with Crippen LogP contribution in [0, 0.1) is 13.8 Å². The second kappa shape index (κ2) is 13.2. The third kappa shape index (κ3) is 5.33. The number of hydrogen-bond acceptors (Lipinski definition) is 8. The first-order valence-electron chi connectivity index (χ1n) is 20.7. The molecule has 2 aliphatic rings. The highest BCUT2D eigenvalue weighted by atomic mass is 16.7. The summed E-state index contributed by atoms with van der Waals surface area (Å²) in [5.74, 6) is 2.99. The molecule has 0 N–H and O–H groups in total. The number of benzene rings is 9.